The Hall–Kier alpha value is -0.910. The van der Waals surface area contributed by atoms with E-state index in [1.807, 2.05) is 6.92 Å². The first kappa shape index (κ1) is 17.1. The molecule has 1 rings (SSSR count). The van der Waals surface area contributed by atoms with Gasteiger partial charge in [0.05, 0.1) is 13.2 Å². The summed E-state index contributed by atoms with van der Waals surface area (Å²) in [6.45, 7) is 6.80. The Morgan fingerprint density at radius 1 is 1.20 bits per heavy atom. The van der Waals surface area contributed by atoms with Gasteiger partial charge in [-0.2, -0.15) is 0 Å². The molecule has 0 aliphatic rings. The van der Waals surface area contributed by atoms with E-state index in [9.17, 15) is 0 Å². The number of anilines is 1. The van der Waals surface area contributed by atoms with Gasteiger partial charge in [-0.15, -0.1) is 0 Å². The molecule has 0 saturated carbocycles. The van der Waals surface area contributed by atoms with Crippen molar-refractivity contribution in [2.75, 3.05) is 38.8 Å². The summed E-state index contributed by atoms with van der Waals surface area (Å²) in [4.78, 5) is 8.78. The van der Waals surface area contributed by atoms with Crippen molar-refractivity contribution in [3.8, 4) is 0 Å². The zero-order valence-corrected chi connectivity index (χ0v) is 13.3. The summed E-state index contributed by atoms with van der Waals surface area (Å²) >= 11 is 6.12. The predicted octanol–water partition coefficient (Wildman–Crippen LogP) is 2.86. The molecular weight excluding hydrogens is 278 g/mol. The van der Waals surface area contributed by atoms with Crippen molar-refractivity contribution >= 4 is 17.4 Å². The van der Waals surface area contributed by atoms with E-state index in [1.165, 1.54) is 0 Å². The molecule has 0 spiro atoms. The van der Waals surface area contributed by atoms with Gasteiger partial charge in [0.25, 0.3) is 0 Å². The molecule has 20 heavy (non-hydrogen) atoms. The fourth-order valence-electron chi connectivity index (χ4n) is 1.67. The number of hydrogen-bond acceptors (Lipinski definition) is 5. The molecule has 0 aliphatic heterocycles. The third-order valence-corrected chi connectivity index (χ3v) is 3.16. The van der Waals surface area contributed by atoms with Gasteiger partial charge >= 0.3 is 0 Å². The number of aryl methyl sites for hydroxylation is 1. The second kappa shape index (κ2) is 9.91. The Kier molecular flexibility index (Phi) is 8.49. The van der Waals surface area contributed by atoms with Crippen LogP contribution in [-0.4, -0.2) is 43.4 Å². The number of nitrogens with one attached hydrogen (secondary N) is 1. The van der Waals surface area contributed by atoms with Crippen molar-refractivity contribution in [1.82, 2.24) is 9.97 Å². The number of nitrogens with zero attached hydrogens (tertiary/aromatic N) is 2. The zero-order chi connectivity index (χ0) is 14.8. The summed E-state index contributed by atoms with van der Waals surface area (Å²) in [6.07, 6.45) is 2.76. The minimum Gasteiger partial charge on any atom is -0.382 e. The van der Waals surface area contributed by atoms with E-state index in [-0.39, 0.29) is 0 Å². The van der Waals surface area contributed by atoms with E-state index < -0.39 is 0 Å². The van der Waals surface area contributed by atoms with E-state index >= 15 is 0 Å². The van der Waals surface area contributed by atoms with E-state index in [2.05, 4.69) is 22.2 Å². The van der Waals surface area contributed by atoms with Crippen LogP contribution in [0, 0.1) is 6.92 Å². The predicted molar refractivity (Wildman–Crippen MR) is 81.6 cm³/mol. The molecule has 0 aliphatic carbocycles. The number of methoxy groups -OCH3 is 1. The smallest absolute Gasteiger partial charge is 0.137 e. The quantitative estimate of drug-likeness (QED) is 0.532. The SMILES string of the molecule is CCCc1nc(Cl)c(C)c(NCCCOCCOC)n1. The highest BCUT2D eigenvalue weighted by Crippen LogP contribution is 2.20. The minimum absolute atomic E-state index is 0.530. The standard InChI is InChI=1S/C14H24ClN3O2/c1-4-6-12-17-13(15)11(2)14(18-12)16-7-5-8-20-10-9-19-3/h4-10H2,1-3H3,(H,16,17,18). The van der Waals surface area contributed by atoms with Crippen molar-refractivity contribution in [2.45, 2.75) is 33.1 Å². The highest BCUT2D eigenvalue weighted by molar-refractivity contribution is 6.30. The van der Waals surface area contributed by atoms with Gasteiger partial charge < -0.3 is 14.8 Å². The number of hydrogen-bond donors (Lipinski definition) is 1. The molecule has 0 fully saturated rings. The van der Waals surface area contributed by atoms with Gasteiger partial charge in [-0.3, -0.25) is 0 Å². The topological polar surface area (TPSA) is 56.3 Å². The summed E-state index contributed by atoms with van der Waals surface area (Å²) in [6, 6.07) is 0. The average Bonchev–Trinajstić information content (AvgIpc) is 2.43. The Labute approximate surface area is 126 Å². The van der Waals surface area contributed by atoms with Crippen LogP contribution in [0.3, 0.4) is 0 Å². The fraction of sp³-hybridized carbons (Fsp3) is 0.714. The lowest BCUT2D eigenvalue weighted by Crippen LogP contribution is -2.11. The molecule has 0 saturated heterocycles. The Bertz CT molecular complexity index is 402. The molecule has 0 unspecified atom stereocenters. The molecule has 0 radical (unpaired) electrons. The maximum atomic E-state index is 6.12. The zero-order valence-electron chi connectivity index (χ0n) is 12.5. The maximum absolute atomic E-state index is 6.12. The average molecular weight is 302 g/mol. The second-order valence-corrected chi connectivity index (χ2v) is 4.90. The van der Waals surface area contributed by atoms with Crippen LogP contribution >= 0.6 is 11.6 Å². The molecule has 0 bridgehead atoms. The largest absolute Gasteiger partial charge is 0.382 e. The summed E-state index contributed by atoms with van der Waals surface area (Å²) < 4.78 is 10.3. The molecule has 1 aromatic heterocycles. The number of rotatable bonds is 10. The third-order valence-electron chi connectivity index (χ3n) is 2.80. The third kappa shape index (κ3) is 6.03. The Morgan fingerprint density at radius 2 is 2.00 bits per heavy atom. The fourth-order valence-corrected chi connectivity index (χ4v) is 1.85. The van der Waals surface area contributed by atoms with Crippen molar-refractivity contribution < 1.29 is 9.47 Å². The van der Waals surface area contributed by atoms with E-state index in [0.29, 0.717) is 25.0 Å². The maximum Gasteiger partial charge on any atom is 0.137 e. The van der Waals surface area contributed by atoms with Crippen LogP contribution in [0.1, 0.15) is 31.2 Å². The monoisotopic (exact) mass is 301 g/mol. The summed E-state index contributed by atoms with van der Waals surface area (Å²) in [7, 11) is 1.67. The molecule has 6 heteroatoms. The van der Waals surface area contributed by atoms with Gasteiger partial charge in [-0.1, -0.05) is 18.5 Å². The van der Waals surface area contributed by atoms with Crippen LogP contribution in [0.5, 0.6) is 0 Å². The van der Waals surface area contributed by atoms with Crippen LogP contribution in [-0.2, 0) is 15.9 Å². The summed E-state index contributed by atoms with van der Waals surface area (Å²) in [5.74, 6) is 1.62. The number of aromatic nitrogens is 2. The summed E-state index contributed by atoms with van der Waals surface area (Å²) in [5, 5.41) is 3.83. The lowest BCUT2D eigenvalue weighted by atomic mass is 10.3. The highest BCUT2D eigenvalue weighted by atomic mass is 35.5. The van der Waals surface area contributed by atoms with E-state index in [4.69, 9.17) is 21.1 Å². The van der Waals surface area contributed by atoms with Gasteiger partial charge in [0, 0.05) is 32.2 Å². The van der Waals surface area contributed by atoms with E-state index in [0.717, 1.165) is 43.0 Å². The number of halogens is 1. The van der Waals surface area contributed by atoms with E-state index in [1.54, 1.807) is 7.11 Å². The second-order valence-electron chi connectivity index (χ2n) is 4.54. The van der Waals surface area contributed by atoms with Crippen LogP contribution in [0.4, 0.5) is 5.82 Å². The number of ether oxygens (including phenoxy) is 2. The van der Waals surface area contributed by atoms with Crippen molar-refractivity contribution in [3.05, 3.63) is 16.5 Å². The molecular formula is C14H24ClN3O2. The molecule has 1 aromatic rings. The Balaban J connectivity index is 2.38. The first-order valence-electron chi connectivity index (χ1n) is 7.02. The first-order chi connectivity index (χ1) is 9.69. The molecule has 5 nitrogen and oxygen atoms in total. The van der Waals surface area contributed by atoms with Gasteiger partial charge in [0.1, 0.15) is 16.8 Å². The molecule has 0 atom stereocenters. The highest BCUT2D eigenvalue weighted by Gasteiger charge is 2.08. The normalized spacial score (nSPS) is 10.8. The first-order valence-corrected chi connectivity index (χ1v) is 7.40. The lowest BCUT2D eigenvalue weighted by Gasteiger charge is -2.11. The van der Waals surface area contributed by atoms with Crippen molar-refractivity contribution in [3.63, 3.8) is 0 Å². The minimum atomic E-state index is 0.530. The van der Waals surface area contributed by atoms with Crippen LogP contribution in [0.2, 0.25) is 5.15 Å². The Morgan fingerprint density at radius 3 is 2.70 bits per heavy atom. The van der Waals surface area contributed by atoms with Crippen LogP contribution in [0.25, 0.3) is 0 Å². The van der Waals surface area contributed by atoms with Crippen molar-refractivity contribution in [2.24, 2.45) is 0 Å². The molecule has 114 valence electrons. The van der Waals surface area contributed by atoms with Gasteiger partial charge in [-0.25, -0.2) is 9.97 Å². The molecule has 0 amide bonds. The molecule has 1 heterocycles. The van der Waals surface area contributed by atoms with Gasteiger partial charge in [0.15, 0.2) is 0 Å². The summed E-state index contributed by atoms with van der Waals surface area (Å²) in [5.41, 5.74) is 0.895. The van der Waals surface area contributed by atoms with Crippen LogP contribution in [0.15, 0.2) is 0 Å². The molecule has 0 aromatic carbocycles. The molecule has 1 N–H and O–H groups in total. The van der Waals surface area contributed by atoms with Gasteiger partial charge in [-0.05, 0) is 19.8 Å². The lowest BCUT2D eigenvalue weighted by molar-refractivity contribution is 0.0705. The van der Waals surface area contributed by atoms with Crippen molar-refractivity contribution in [1.29, 1.82) is 0 Å². The van der Waals surface area contributed by atoms with Crippen LogP contribution < -0.4 is 5.32 Å². The van der Waals surface area contributed by atoms with Gasteiger partial charge in [0.2, 0.25) is 0 Å².